The van der Waals surface area contributed by atoms with Crippen LogP contribution in [0.2, 0.25) is 0 Å². The number of urea groups is 1. The van der Waals surface area contributed by atoms with Crippen LogP contribution in [0.5, 0.6) is 0 Å². The van der Waals surface area contributed by atoms with Crippen molar-refractivity contribution in [2.75, 3.05) is 5.32 Å². The maximum atomic E-state index is 12.9. The molecule has 2 aromatic carbocycles. The Morgan fingerprint density at radius 2 is 1.60 bits per heavy atom. The Kier molecular flexibility index (Phi) is 5.63. The molecule has 5 nitrogen and oxygen atoms in total. The number of benzene rings is 2. The van der Waals surface area contributed by atoms with Crippen molar-refractivity contribution < 1.29 is 27.9 Å². The Labute approximate surface area is 141 Å². The summed E-state index contributed by atoms with van der Waals surface area (Å²) in [4.78, 5) is 23.2. The van der Waals surface area contributed by atoms with E-state index in [-0.39, 0.29) is 6.42 Å². The zero-order valence-electron chi connectivity index (χ0n) is 12.9. The zero-order chi connectivity index (χ0) is 18.4. The van der Waals surface area contributed by atoms with Crippen LogP contribution in [0.4, 0.5) is 23.7 Å². The number of amides is 2. The van der Waals surface area contributed by atoms with Crippen molar-refractivity contribution in [3.63, 3.8) is 0 Å². The Balaban J connectivity index is 2.09. The van der Waals surface area contributed by atoms with Gasteiger partial charge in [0.15, 0.2) is 0 Å². The molecule has 0 radical (unpaired) electrons. The van der Waals surface area contributed by atoms with E-state index in [1.807, 2.05) is 0 Å². The van der Waals surface area contributed by atoms with E-state index >= 15 is 0 Å². The standard InChI is InChI=1S/C17H15F3N2O3/c18-17(19,20)12-8-4-5-9-13(12)21-16(25)22-14(15(23)24)10-11-6-2-1-3-7-11/h1-9,14H,10H2,(H,23,24)(H2,21,22,25). The highest BCUT2D eigenvalue weighted by molar-refractivity contribution is 5.93. The number of carboxylic acids is 1. The second-order valence-corrected chi connectivity index (χ2v) is 5.22. The van der Waals surface area contributed by atoms with Crippen LogP contribution < -0.4 is 10.6 Å². The van der Waals surface area contributed by atoms with Gasteiger partial charge in [-0.05, 0) is 17.7 Å². The fourth-order valence-electron chi connectivity index (χ4n) is 2.21. The van der Waals surface area contributed by atoms with Crippen molar-refractivity contribution in [1.82, 2.24) is 5.32 Å². The maximum Gasteiger partial charge on any atom is 0.418 e. The molecule has 3 N–H and O–H groups in total. The van der Waals surface area contributed by atoms with Crippen LogP contribution in [0.3, 0.4) is 0 Å². The number of carbonyl (C=O) groups excluding carboxylic acids is 1. The number of hydrogen-bond donors (Lipinski definition) is 3. The molecule has 0 aromatic heterocycles. The number of nitrogens with one attached hydrogen (secondary N) is 2. The highest BCUT2D eigenvalue weighted by Crippen LogP contribution is 2.34. The number of carbonyl (C=O) groups is 2. The molecule has 0 saturated carbocycles. The summed E-state index contributed by atoms with van der Waals surface area (Å²) in [6.45, 7) is 0. The summed E-state index contributed by atoms with van der Waals surface area (Å²) in [5.74, 6) is -1.29. The molecule has 132 valence electrons. The largest absolute Gasteiger partial charge is 0.480 e. The highest BCUT2D eigenvalue weighted by atomic mass is 19.4. The molecule has 25 heavy (non-hydrogen) atoms. The average molecular weight is 352 g/mol. The predicted molar refractivity (Wildman–Crippen MR) is 85.2 cm³/mol. The van der Waals surface area contributed by atoms with Crippen molar-refractivity contribution >= 4 is 17.7 Å². The quantitative estimate of drug-likeness (QED) is 0.770. The number of aliphatic carboxylic acids is 1. The predicted octanol–water partition coefficient (Wildman–Crippen LogP) is 3.52. The molecule has 0 aliphatic heterocycles. The summed E-state index contributed by atoms with van der Waals surface area (Å²) >= 11 is 0. The molecule has 8 heteroatoms. The summed E-state index contributed by atoms with van der Waals surface area (Å²) in [5.41, 5.74) is -0.790. The average Bonchev–Trinajstić information content (AvgIpc) is 2.54. The van der Waals surface area contributed by atoms with Crippen LogP contribution in [0.15, 0.2) is 54.6 Å². The summed E-state index contributed by atoms with van der Waals surface area (Å²) in [5, 5.41) is 13.4. The van der Waals surface area contributed by atoms with Gasteiger partial charge in [0.25, 0.3) is 0 Å². The van der Waals surface area contributed by atoms with Crippen LogP contribution in [0, 0.1) is 0 Å². The number of halogens is 3. The lowest BCUT2D eigenvalue weighted by Crippen LogP contribution is -2.44. The van der Waals surface area contributed by atoms with Crippen LogP contribution in [0.1, 0.15) is 11.1 Å². The first kappa shape index (κ1) is 18.3. The summed E-state index contributed by atoms with van der Waals surface area (Å²) in [6.07, 6.45) is -4.63. The van der Waals surface area contributed by atoms with Gasteiger partial charge < -0.3 is 15.7 Å². The van der Waals surface area contributed by atoms with Gasteiger partial charge in [0.1, 0.15) is 6.04 Å². The fourth-order valence-corrected chi connectivity index (χ4v) is 2.21. The van der Waals surface area contributed by atoms with E-state index in [9.17, 15) is 27.9 Å². The highest BCUT2D eigenvalue weighted by Gasteiger charge is 2.33. The van der Waals surface area contributed by atoms with Crippen molar-refractivity contribution in [1.29, 1.82) is 0 Å². The Morgan fingerprint density at radius 3 is 2.20 bits per heavy atom. The monoisotopic (exact) mass is 352 g/mol. The number of para-hydroxylation sites is 1. The van der Waals surface area contributed by atoms with Gasteiger partial charge in [-0.25, -0.2) is 9.59 Å². The molecule has 1 atom stereocenters. The normalized spacial score (nSPS) is 12.3. The van der Waals surface area contributed by atoms with Crippen molar-refractivity contribution in [2.24, 2.45) is 0 Å². The zero-order valence-corrected chi connectivity index (χ0v) is 12.9. The van der Waals surface area contributed by atoms with Gasteiger partial charge in [-0.3, -0.25) is 0 Å². The third-order valence-corrected chi connectivity index (χ3v) is 3.37. The molecule has 0 bridgehead atoms. The van der Waals surface area contributed by atoms with Gasteiger partial charge in [-0.2, -0.15) is 13.2 Å². The number of carboxylic acid groups (broad SMARTS) is 1. The van der Waals surface area contributed by atoms with Crippen molar-refractivity contribution in [2.45, 2.75) is 18.6 Å². The second-order valence-electron chi connectivity index (χ2n) is 5.22. The third kappa shape index (κ3) is 5.23. The smallest absolute Gasteiger partial charge is 0.418 e. The third-order valence-electron chi connectivity index (χ3n) is 3.37. The van der Waals surface area contributed by atoms with Gasteiger partial charge in [-0.15, -0.1) is 0 Å². The Bertz CT molecular complexity index is 748. The SMILES string of the molecule is O=C(Nc1ccccc1C(F)(F)F)NC(Cc1ccccc1)C(=O)O. The Morgan fingerprint density at radius 1 is 1.00 bits per heavy atom. The van der Waals surface area contributed by atoms with E-state index in [4.69, 9.17) is 0 Å². The minimum atomic E-state index is -4.64. The molecule has 0 saturated heterocycles. The van der Waals surface area contributed by atoms with Crippen LogP contribution in [-0.4, -0.2) is 23.1 Å². The lowest BCUT2D eigenvalue weighted by Gasteiger charge is -2.17. The first-order chi connectivity index (χ1) is 11.8. The first-order valence-corrected chi connectivity index (χ1v) is 7.28. The van der Waals surface area contributed by atoms with Crippen LogP contribution >= 0.6 is 0 Å². The fraction of sp³-hybridized carbons (Fsp3) is 0.176. The van der Waals surface area contributed by atoms with Gasteiger partial charge in [-0.1, -0.05) is 42.5 Å². The van der Waals surface area contributed by atoms with E-state index in [1.165, 1.54) is 12.1 Å². The van der Waals surface area contributed by atoms with E-state index < -0.39 is 35.5 Å². The lowest BCUT2D eigenvalue weighted by atomic mass is 10.1. The molecule has 2 rings (SSSR count). The maximum absolute atomic E-state index is 12.9. The number of anilines is 1. The van der Waals surface area contributed by atoms with Gasteiger partial charge in [0.2, 0.25) is 0 Å². The summed E-state index contributed by atoms with van der Waals surface area (Å²) in [7, 11) is 0. The molecule has 0 heterocycles. The first-order valence-electron chi connectivity index (χ1n) is 7.28. The van der Waals surface area contributed by atoms with E-state index in [0.29, 0.717) is 5.56 Å². The van der Waals surface area contributed by atoms with Crippen LogP contribution in [-0.2, 0) is 17.4 Å². The molecule has 0 aliphatic carbocycles. The summed E-state index contributed by atoms with van der Waals surface area (Å²) in [6, 6.07) is 10.7. The van der Waals surface area contributed by atoms with E-state index in [1.54, 1.807) is 30.3 Å². The van der Waals surface area contributed by atoms with Crippen molar-refractivity contribution in [3.05, 3.63) is 65.7 Å². The van der Waals surface area contributed by atoms with Crippen LogP contribution in [0.25, 0.3) is 0 Å². The number of alkyl halides is 3. The molecule has 2 amide bonds. The minimum absolute atomic E-state index is 0.00448. The molecule has 0 fully saturated rings. The van der Waals surface area contributed by atoms with E-state index in [0.717, 1.165) is 12.1 Å². The number of rotatable bonds is 5. The minimum Gasteiger partial charge on any atom is -0.480 e. The van der Waals surface area contributed by atoms with Gasteiger partial charge in [0.05, 0.1) is 11.3 Å². The molecule has 1 unspecified atom stereocenters. The second kappa shape index (κ2) is 7.69. The Hall–Kier alpha value is -3.03. The molecule has 0 aliphatic rings. The summed E-state index contributed by atoms with van der Waals surface area (Å²) < 4.78 is 38.7. The molecular formula is C17H15F3N2O3. The molecular weight excluding hydrogens is 337 g/mol. The number of hydrogen-bond acceptors (Lipinski definition) is 2. The van der Waals surface area contributed by atoms with E-state index in [2.05, 4.69) is 10.6 Å². The van der Waals surface area contributed by atoms with Gasteiger partial charge in [0, 0.05) is 6.42 Å². The lowest BCUT2D eigenvalue weighted by molar-refractivity contribution is -0.139. The van der Waals surface area contributed by atoms with Crippen molar-refractivity contribution in [3.8, 4) is 0 Å². The molecule has 2 aromatic rings. The van der Waals surface area contributed by atoms with Gasteiger partial charge >= 0.3 is 18.2 Å². The molecule has 0 spiro atoms. The topological polar surface area (TPSA) is 78.4 Å².